The predicted octanol–water partition coefficient (Wildman–Crippen LogP) is 4.29. The highest BCUT2D eigenvalue weighted by Crippen LogP contribution is 2.29. The second-order valence-corrected chi connectivity index (χ2v) is 4.78. The first-order chi connectivity index (χ1) is 8.22. The zero-order valence-corrected chi connectivity index (χ0v) is 11.4. The Hall–Kier alpha value is -0.970. The van der Waals surface area contributed by atoms with Gasteiger partial charge < -0.3 is 10.1 Å². The summed E-state index contributed by atoms with van der Waals surface area (Å²) in [5, 5.41) is 6.43. The van der Waals surface area contributed by atoms with Crippen LogP contribution in [-0.2, 0) is 5.88 Å². The van der Waals surface area contributed by atoms with Crippen LogP contribution in [0.15, 0.2) is 23.6 Å². The Morgan fingerprint density at radius 2 is 2.29 bits per heavy atom. The maximum atomic E-state index is 6.03. The van der Waals surface area contributed by atoms with Crippen LogP contribution >= 0.6 is 34.5 Å². The number of benzene rings is 1. The predicted molar refractivity (Wildman–Crippen MR) is 73.0 cm³/mol. The Morgan fingerprint density at radius 3 is 2.88 bits per heavy atom. The van der Waals surface area contributed by atoms with Gasteiger partial charge in [-0.1, -0.05) is 11.6 Å². The van der Waals surface area contributed by atoms with Gasteiger partial charge in [0.25, 0.3) is 0 Å². The number of rotatable bonds is 4. The maximum absolute atomic E-state index is 6.03. The third-order valence-electron chi connectivity index (χ3n) is 2.09. The fourth-order valence-electron chi connectivity index (χ4n) is 1.29. The van der Waals surface area contributed by atoms with Crippen LogP contribution in [0.25, 0.3) is 0 Å². The molecule has 0 aliphatic carbocycles. The minimum atomic E-state index is 0.418. The maximum Gasteiger partial charge on any atom is 0.187 e. The standard InChI is InChI=1S/C11H10Cl2N2OS/c1-16-10-3-2-7(4-9(10)13)14-11-15-8(5-12)6-17-11/h2-4,6H,5H2,1H3,(H,14,15). The SMILES string of the molecule is COc1ccc(Nc2nc(CCl)cs2)cc1Cl. The normalized spacial score (nSPS) is 10.3. The molecular formula is C11H10Cl2N2OS. The molecule has 0 radical (unpaired) electrons. The van der Waals surface area contributed by atoms with Crippen LogP contribution < -0.4 is 10.1 Å². The molecule has 1 heterocycles. The van der Waals surface area contributed by atoms with E-state index in [0.29, 0.717) is 16.7 Å². The van der Waals surface area contributed by atoms with Crippen molar-refractivity contribution in [3.8, 4) is 5.75 Å². The molecule has 2 rings (SSSR count). The third-order valence-corrected chi connectivity index (χ3v) is 3.47. The summed E-state index contributed by atoms with van der Waals surface area (Å²) < 4.78 is 5.08. The van der Waals surface area contributed by atoms with Crippen molar-refractivity contribution >= 4 is 45.4 Å². The third kappa shape index (κ3) is 3.03. The van der Waals surface area contributed by atoms with Crippen LogP contribution in [0.3, 0.4) is 0 Å². The number of hydrogen-bond donors (Lipinski definition) is 1. The Bertz CT molecular complexity index is 516. The first-order valence-corrected chi connectivity index (χ1v) is 6.63. The lowest BCUT2D eigenvalue weighted by Gasteiger charge is -2.06. The van der Waals surface area contributed by atoms with Crippen molar-refractivity contribution in [2.75, 3.05) is 12.4 Å². The molecule has 1 aromatic heterocycles. The summed E-state index contributed by atoms with van der Waals surface area (Å²) in [7, 11) is 1.59. The molecule has 0 saturated carbocycles. The van der Waals surface area contributed by atoms with Crippen molar-refractivity contribution in [2.45, 2.75) is 5.88 Å². The van der Waals surface area contributed by atoms with Crippen molar-refractivity contribution in [3.63, 3.8) is 0 Å². The molecule has 0 unspecified atom stereocenters. The topological polar surface area (TPSA) is 34.1 Å². The molecule has 17 heavy (non-hydrogen) atoms. The molecule has 0 spiro atoms. The number of methoxy groups -OCH3 is 1. The highest BCUT2D eigenvalue weighted by molar-refractivity contribution is 7.13. The highest BCUT2D eigenvalue weighted by atomic mass is 35.5. The first kappa shape index (κ1) is 12.5. The number of halogens is 2. The van der Waals surface area contributed by atoms with E-state index in [1.165, 1.54) is 11.3 Å². The van der Waals surface area contributed by atoms with Gasteiger partial charge >= 0.3 is 0 Å². The lowest BCUT2D eigenvalue weighted by molar-refractivity contribution is 0.415. The van der Waals surface area contributed by atoms with Crippen LogP contribution in [0, 0.1) is 0 Å². The van der Waals surface area contributed by atoms with E-state index in [1.807, 2.05) is 11.4 Å². The fourth-order valence-corrected chi connectivity index (χ4v) is 2.51. The molecule has 3 nitrogen and oxygen atoms in total. The Kier molecular flexibility index (Phi) is 4.10. The Balaban J connectivity index is 2.15. The summed E-state index contributed by atoms with van der Waals surface area (Å²) in [6.07, 6.45) is 0. The van der Waals surface area contributed by atoms with Crippen LogP contribution in [0.4, 0.5) is 10.8 Å². The van der Waals surface area contributed by atoms with Gasteiger partial charge in [0.2, 0.25) is 0 Å². The molecule has 90 valence electrons. The van der Waals surface area contributed by atoms with Gasteiger partial charge in [-0.05, 0) is 18.2 Å². The van der Waals surface area contributed by atoms with Gasteiger partial charge in [-0.25, -0.2) is 4.98 Å². The van der Waals surface area contributed by atoms with Crippen LogP contribution in [-0.4, -0.2) is 12.1 Å². The monoisotopic (exact) mass is 288 g/mol. The quantitative estimate of drug-likeness (QED) is 0.853. The van der Waals surface area contributed by atoms with E-state index in [-0.39, 0.29) is 0 Å². The first-order valence-electron chi connectivity index (χ1n) is 4.84. The average Bonchev–Trinajstić information content (AvgIpc) is 2.77. The number of nitrogens with zero attached hydrogens (tertiary/aromatic N) is 1. The molecule has 0 fully saturated rings. The number of thiazole rings is 1. The van der Waals surface area contributed by atoms with Gasteiger partial charge in [0, 0.05) is 11.1 Å². The van der Waals surface area contributed by atoms with Gasteiger partial charge in [-0.15, -0.1) is 22.9 Å². The number of ether oxygens (including phenoxy) is 1. The van der Waals surface area contributed by atoms with E-state index in [0.717, 1.165) is 16.5 Å². The molecule has 0 aliphatic heterocycles. The molecular weight excluding hydrogens is 279 g/mol. The van der Waals surface area contributed by atoms with Gasteiger partial charge in [-0.2, -0.15) is 0 Å². The Labute approximate surface area is 113 Å². The van der Waals surface area contributed by atoms with E-state index < -0.39 is 0 Å². The van der Waals surface area contributed by atoms with Crippen molar-refractivity contribution in [3.05, 3.63) is 34.3 Å². The molecule has 0 atom stereocenters. The van der Waals surface area contributed by atoms with Gasteiger partial charge in [-0.3, -0.25) is 0 Å². The summed E-state index contributed by atoms with van der Waals surface area (Å²) in [6.45, 7) is 0. The molecule has 0 bridgehead atoms. The van der Waals surface area contributed by atoms with Gasteiger partial charge in [0.15, 0.2) is 5.13 Å². The summed E-state index contributed by atoms with van der Waals surface area (Å²) >= 11 is 13.2. The number of hydrogen-bond acceptors (Lipinski definition) is 4. The van der Waals surface area contributed by atoms with E-state index in [1.54, 1.807) is 19.2 Å². The minimum Gasteiger partial charge on any atom is -0.495 e. The summed E-state index contributed by atoms with van der Waals surface area (Å²) in [4.78, 5) is 4.30. The molecule has 1 N–H and O–H groups in total. The molecule has 0 aliphatic rings. The number of nitrogens with one attached hydrogen (secondary N) is 1. The summed E-state index contributed by atoms with van der Waals surface area (Å²) in [5.41, 5.74) is 1.73. The van der Waals surface area contributed by atoms with Crippen molar-refractivity contribution in [1.82, 2.24) is 4.98 Å². The van der Waals surface area contributed by atoms with E-state index in [2.05, 4.69) is 10.3 Å². The minimum absolute atomic E-state index is 0.418. The van der Waals surface area contributed by atoms with E-state index in [9.17, 15) is 0 Å². The van der Waals surface area contributed by atoms with Crippen LogP contribution in [0.5, 0.6) is 5.75 Å². The lowest BCUT2D eigenvalue weighted by Crippen LogP contribution is -1.91. The summed E-state index contributed by atoms with van der Waals surface area (Å²) in [5.74, 6) is 1.07. The highest BCUT2D eigenvalue weighted by Gasteiger charge is 2.04. The fraction of sp³-hybridized carbons (Fsp3) is 0.182. The smallest absolute Gasteiger partial charge is 0.187 e. The number of aromatic nitrogens is 1. The van der Waals surface area contributed by atoms with Gasteiger partial charge in [0.1, 0.15) is 5.75 Å². The van der Waals surface area contributed by atoms with Crippen molar-refractivity contribution in [1.29, 1.82) is 0 Å². The lowest BCUT2D eigenvalue weighted by atomic mass is 10.3. The molecule has 0 saturated heterocycles. The second kappa shape index (κ2) is 5.58. The van der Waals surface area contributed by atoms with Crippen molar-refractivity contribution in [2.24, 2.45) is 0 Å². The van der Waals surface area contributed by atoms with Gasteiger partial charge in [0.05, 0.1) is 23.7 Å². The zero-order chi connectivity index (χ0) is 12.3. The van der Waals surface area contributed by atoms with Crippen LogP contribution in [0.2, 0.25) is 5.02 Å². The second-order valence-electron chi connectivity index (χ2n) is 3.25. The van der Waals surface area contributed by atoms with E-state index >= 15 is 0 Å². The average molecular weight is 289 g/mol. The molecule has 6 heteroatoms. The number of alkyl halides is 1. The van der Waals surface area contributed by atoms with E-state index in [4.69, 9.17) is 27.9 Å². The largest absolute Gasteiger partial charge is 0.495 e. The molecule has 2 aromatic rings. The molecule has 1 aromatic carbocycles. The van der Waals surface area contributed by atoms with Crippen molar-refractivity contribution < 1.29 is 4.74 Å². The molecule has 0 amide bonds. The summed E-state index contributed by atoms with van der Waals surface area (Å²) in [6, 6.07) is 5.48. The Morgan fingerprint density at radius 1 is 1.47 bits per heavy atom. The number of anilines is 2. The zero-order valence-electron chi connectivity index (χ0n) is 9.04. The van der Waals surface area contributed by atoms with Crippen LogP contribution in [0.1, 0.15) is 5.69 Å².